The fraction of sp³-hybridized carbons (Fsp3) is 0.647. The number of hydrogen-bond acceptors (Lipinski definition) is 12. The highest BCUT2D eigenvalue weighted by Crippen LogP contribution is 2.67. The van der Waals surface area contributed by atoms with Gasteiger partial charge in [0, 0.05) is 23.8 Å². The van der Waals surface area contributed by atoms with Crippen molar-refractivity contribution >= 4 is 45.1 Å². The first kappa shape index (κ1) is 33.5. The zero-order valence-electron chi connectivity index (χ0n) is 20.4. The normalized spacial score (nSPS) is 23.3. The van der Waals surface area contributed by atoms with Crippen molar-refractivity contribution in [1.29, 1.82) is 0 Å². The van der Waals surface area contributed by atoms with Gasteiger partial charge in [0.15, 0.2) is 6.29 Å². The third kappa shape index (κ3) is 11.4. The largest absolute Gasteiger partial charge is 0.490 e. The molecule has 16 nitrogen and oxygen atoms in total. The molecule has 0 aliphatic carbocycles. The summed E-state index contributed by atoms with van der Waals surface area (Å²) in [6.45, 7) is 7.63. The van der Waals surface area contributed by atoms with Crippen molar-refractivity contribution in [3.63, 3.8) is 0 Å². The average Bonchev–Trinajstić information content (AvgIpc) is 3.08. The second-order valence-electron chi connectivity index (χ2n) is 8.39. The average molecular weight is 640 g/mol. The van der Waals surface area contributed by atoms with Crippen LogP contribution >= 0.6 is 45.1 Å². The lowest BCUT2D eigenvalue weighted by Gasteiger charge is -2.23. The highest BCUT2D eigenvalue weighted by atomic mass is 33.1. The summed E-state index contributed by atoms with van der Waals surface area (Å²) in [5.74, 6) is 5.31. The Hall–Kier alpha value is -0.730. The van der Waals surface area contributed by atoms with Gasteiger partial charge in [0.05, 0.1) is 0 Å². The molecule has 1 aromatic heterocycles. The van der Waals surface area contributed by atoms with Crippen LogP contribution in [0.5, 0.6) is 0 Å². The summed E-state index contributed by atoms with van der Waals surface area (Å²) in [6.07, 6.45) is -2.75. The van der Waals surface area contributed by atoms with E-state index in [1.165, 1.54) is 21.6 Å². The number of hydrogen-bond donors (Lipinski definition) is 5. The molecular formula is C17H27N2O14P3S2. The number of rotatable bonds is 11. The van der Waals surface area contributed by atoms with Crippen molar-refractivity contribution in [2.45, 2.75) is 63.9 Å². The van der Waals surface area contributed by atoms with Crippen LogP contribution in [0.25, 0.3) is 0 Å². The Kier molecular flexibility index (Phi) is 11.7. The third-order valence-electron chi connectivity index (χ3n) is 4.00. The van der Waals surface area contributed by atoms with E-state index in [2.05, 4.69) is 25.4 Å². The van der Waals surface area contributed by atoms with Gasteiger partial charge in [-0.2, -0.15) is 8.62 Å². The lowest BCUT2D eigenvalue weighted by molar-refractivity contribution is -0.141. The molecule has 1 fully saturated rings. The summed E-state index contributed by atoms with van der Waals surface area (Å²) in [4.78, 5) is 63.3. The molecule has 5 atom stereocenters. The van der Waals surface area contributed by atoms with Gasteiger partial charge in [-0.15, -0.1) is 0 Å². The van der Waals surface area contributed by atoms with E-state index in [1.807, 2.05) is 20.8 Å². The molecule has 0 amide bonds. The molecule has 0 aromatic carbocycles. The number of nitrogens with zero attached hydrogens (tertiary/aromatic N) is 1. The van der Waals surface area contributed by atoms with E-state index in [1.54, 1.807) is 6.92 Å². The molecule has 5 N–H and O–H groups in total. The van der Waals surface area contributed by atoms with Crippen LogP contribution in [0.1, 0.15) is 52.3 Å². The van der Waals surface area contributed by atoms with Gasteiger partial charge >= 0.3 is 29.2 Å². The summed E-state index contributed by atoms with van der Waals surface area (Å²) in [5, 5.41) is 0. The first-order valence-electron chi connectivity index (χ1n) is 10.5. The van der Waals surface area contributed by atoms with Crippen LogP contribution in [0.4, 0.5) is 0 Å². The molecule has 1 saturated heterocycles. The maximum absolute atomic E-state index is 12.4. The smallest absolute Gasteiger partial charge is 0.361 e. The first-order chi connectivity index (χ1) is 17.3. The molecule has 216 valence electrons. The van der Waals surface area contributed by atoms with Crippen molar-refractivity contribution in [3.05, 3.63) is 32.6 Å². The van der Waals surface area contributed by atoms with E-state index in [0.29, 0.717) is 6.42 Å². The minimum Gasteiger partial charge on any atom is -0.361 e. The molecule has 0 saturated carbocycles. The van der Waals surface area contributed by atoms with Crippen LogP contribution < -0.4 is 11.2 Å². The standard InChI is InChI=1S/C17H27N2O14P3S2/c1-5-6-7-11-9-19(16(21)18-14(11)20)13-8-12(29-10-37-38-17(2,3)4)15(30-13)31-35(25,26)33-36(27,28)32-34(22,23)24/h9,12-13,15H,5,8,10H2,1-4H3,(H,25,26)(H,27,28)(H,18,20,21)(H2,22,23,24)/t12?,13-,15-/m1/s1. The van der Waals surface area contributed by atoms with Crippen LogP contribution in [0.15, 0.2) is 15.8 Å². The zero-order chi connectivity index (χ0) is 28.9. The van der Waals surface area contributed by atoms with Gasteiger partial charge in [0.2, 0.25) is 0 Å². The van der Waals surface area contributed by atoms with Gasteiger partial charge in [-0.1, -0.05) is 61.1 Å². The van der Waals surface area contributed by atoms with Crippen LogP contribution in [-0.4, -0.2) is 52.2 Å². The molecule has 3 unspecified atom stereocenters. The summed E-state index contributed by atoms with van der Waals surface area (Å²) >= 11 is 0. The first-order valence-corrected chi connectivity index (χ1v) is 17.4. The third-order valence-corrected chi connectivity index (χ3v) is 10.8. The molecule has 1 aliphatic rings. The van der Waals surface area contributed by atoms with E-state index in [-0.39, 0.29) is 22.7 Å². The van der Waals surface area contributed by atoms with E-state index >= 15 is 0 Å². The molecule has 38 heavy (non-hydrogen) atoms. The highest BCUT2D eigenvalue weighted by molar-refractivity contribution is 8.77. The quantitative estimate of drug-likeness (QED) is 0.0768. The molecule has 0 radical (unpaired) electrons. The minimum atomic E-state index is -5.78. The van der Waals surface area contributed by atoms with Gasteiger partial charge in [-0.05, 0) is 0 Å². The van der Waals surface area contributed by atoms with Crippen LogP contribution in [-0.2, 0) is 36.3 Å². The van der Waals surface area contributed by atoms with Crippen molar-refractivity contribution in [2.75, 3.05) is 5.94 Å². The Morgan fingerprint density at radius 3 is 2.39 bits per heavy atom. The number of aromatic nitrogens is 2. The maximum Gasteiger partial charge on any atom is 0.490 e. The van der Waals surface area contributed by atoms with Gasteiger partial charge in [-0.3, -0.25) is 18.9 Å². The molecule has 1 aromatic rings. The predicted molar refractivity (Wildman–Crippen MR) is 137 cm³/mol. The van der Waals surface area contributed by atoms with Crippen LogP contribution in [0.2, 0.25) is 0 Å². The van der Waals surface area contributed by atoms with E-state index in [4.69, 9.17) is 23.8 Å². The molecule has 1 aliphatic heterocycles. The fourth-order valence-electron chi connectivity index (χ4n) is 2.74. The van der Waals surface area contributed by atoms with Crippen molar-refractivity contribution < 1.29 is 55.9 Å². The van der Waals surface area contributed by atoms with Crippen molar-refractivity contribution in [3.8, 4) is 11.8 Å². The molecule has 0 bridgehead atoms. The highest BCUT2D eigenvalue weighted by Gasteiger charge is 2.47. The summed E-state index contributed by atoms with van der Waals surface area (Å²) in [6, 6.07) is 0. The number of H-pyrrole nitrogens is 1. The predicted octanol–water partition coefficient (Wildman–Crippen LogP) is 2.41. The number of phosphoric acid groups is 3. The topological polar surface area (TPSA) is 233 Å². The number of ether oxygens (including phenoxy) is 2. The maximum atomic E-state index is 12.4. The van der Waals surface area contributed by atoms with E-state index in [0.717, 1.165) is 10.8 Å². The van der Waals surface area contributed by atoms with Gasteiger partial charge in [-0.25, -0.2) is 18.5 Å². The second-order valence-corrected chi connectivity index (χ2v) is 15.8. The van der Waals surface area contributed by atoms with Gasteiger partial charge in [0.25, 0.3) is 5.56 Å². The number of aromatic amines is 1. The molecular weight excluding hydrogens is 613 g/mol. The Balaban J connectivity index is 2.29. The second kappa shape index (κ2) is 13.3. The van der Waals surface area contributed by atoms with Gasteiger partial charge < -0.3 is 29.0 Å². The van der Waals surface area contributed by atoms with Crippen LogP contribution in [0.3, 0.4) is 0 Å². The van der Waals surface area contributed by atoms with E-state index < -0.39 is 53.3 Å². The van der Waals surface area contributed by atoms with E-state index in [9.17, 15) is 33.1 Å². The Morgan fingerprint density at radius 1 is 1.16 bits per heavy atom. The lowest BCUT2D eigenvalue weighted by atomic mass is 10.2. The van der Waals surface area contributed by atoms with Crippen LogP contribution in [0, 0.1) is 11.8 Å². The number of phosphoric ester groups is 1. The monoisotopic (exact) mass is 640 g/mol. The number of nitrogens with one attached hydrogen (secondary N) is 1. The summed E-state index contributed by atoms with van der Waals surface area (Å²) in [7, 11) is -14.2. The van der Waals surface area contributed by atoms with Crippen molar-refractivity contribution in [2.24, 2.45) is 0 Å². The lowest BCUT2D eigenvalue weighted by Crippen LogP contribution is -2.33. The summed E-state index contributed by atoms with van der Waals surface area (Å²) < 4.78 is 59.2. The van der Waals surface area contributed by atoms with Gasteiger partial charge in [0.1, 0.15) is 23.8 Å². The van der Waals surface area contributed by atoms with Crippen molar-refractivity contribution in [1.82, 2.24) is 9.55 Å². The summed E-state index contributed by atoms with van der Waals surface area (Å²) in [5.41, 5.74) is -1.68. The molecule has 2 heterocycles. The SMILES string of the molecule is CCC#Cc1cn([C@H]2CC(OCSSC(C)(C)C)[C@@H](OP(=O)(O)OP(=O)(O)OP(=O)(O)O)O2)c(=O)[nH]c1=O. The Labute approximate surface area is 224 Å². The molecule has 2 rings (SSSR count). The Bertz CT molecular complexity index is 1310. The fourth-order valence-corrected chi connectivity index (χ4v) is 7.86. The minimum absolute atomic E-state index is 0.0205. The molecule has 0 spiro atoms. The zero-order valence-corrected chi connectivity index (χ0v) is 24.7. The Morgan fingerprint density at radius 2 is 1.82 bits per heavy atom. The molecule has 21 heteroatoms.